The quantitative estimate of drug-likeness (QED) is 0.782. The minimum atomic E-state index is -1.24. The molecule has 1 aromatic carbocycles. The number of nitrogens with zero attached hydrogens (tertiary/aromatic N) is 2. The standard InChI is InChI=1S/C17H19ClFN3OS/c1-11(19)15-14(18)16(22-10-21-15)20-9-17(7-8-17)12-3-5-13(6-4-12)24(2)23/h3-6,10-11H,7-9H2,1-2H3,(H,20,21,22). The zero-order chi connectivity index (χ0) is 17.3. The van der Waals surface area contributed by atoms with Gasteiger partial charge in [0.1, 0.15) is 29.6 Å². The predicted octanol–water partition coefficient (Wildman–Crippen LogP) is 4.04. The Morgan fingerprint density at radius 2 is 2.00 bits per heavy atom. The lowest BCUT2D eigenvalue weighted by molar-refractivity contribution is 0.365. The molecule has 1 aliphatic rings. The van der Waals surface area contributed by atoms with Crippen molar-refractivity contribution in [1.29, 1.82) is 0 Å². The van der Waals surface area contributed by atoms with Crippen molar-refractivity contribution in [3.8, 4) is 0 Å². The van der Waals surface area contributed by atoms with Crippen molar-refractivity contribution in [2.45, 2.75) is 36.2 Å². The van der Waals surface area contributed by atoms with E-state index in [9.17, 15) is 8.94 Å². The summed E-state index contributed by atoms with van der Waals surface area (Å²) in [6.07, 6.45) is 3.88. The molecule has 0 spiro atoms. The van der Waals surface area contributed by atoms with E-state index in [1.54, 1.807) is 6.26 Å². The predicted molar refractivity (Wildman–Crippen MR) is 94.7 cm³/mol. The van der Waals surface area contributed by atoms with Crippen LogP contribution in [0, 0.1) is 0 Å². The van der Waals surface area contributed by atoms with Crippen LogP contribution in [0.5, 0.6) is 0 Å². The SMILES string of the molecule is CC(F)c1ncnc(NCC2(c3ccc([S+](C)[O-])cc3)CC2)c1Cl. The summed E-state index contributed by atoms with van der Waals surface area (Å²) in [5.41, 5.74) is 1.44. The Labute approximate surface area is 149 Å². The van der Waals surface area contributed by atoms with Gasteiger partial charge in [0, 0.05) is 12.0 Å². The van der Waals surface area contributed by atoms with Gasteiger partial charge in [-0.3, -0.25) is 0 Å². The summed E-state index contributed by atoms with van der Waals surface area (Å²) in [5.74, 6) is 0.462. The van der Waals surface area contributed by atoms with Crippen LogP contribution >= 0.6 is 11.6 Å². The normalized spacial score (nSPS) is 18.0. The Bertz CT molecular complexity index is 720. The number of benzene rings is 1. The molecule has 2 atom stereocenters. The van der Waals surface area contributed by atoms with Gasteiger partial charge < -0.3 is 9.87 Å². The molecule has 1 fully saturated rings. The summed E-state index contributed by atoms with van der Waals surface area (Å²) in [6, 6.07) is 7.88. The van der Waals surface area contributed by atoms with Crippen LogP contribution in [0.15, 0.2) is 35.5 Å². The fraction of sp³-hybridized carbons (Fsp3) is 0.412. The van der Waals surface area contributed by atoms with E-state index in [4.69, 9.17) is 11.6 Å². The molecule has 2 aromatic rings. The van der Waals surface area contributed by atoms with E-state index in [-0.39, 0.29) is 16.1 Å². The van der Waals surface area contributed by atoms with Gasteiger partial charge >= 0.3 is 0 Å². The van der Waals surface area contributed by atoms with Crippen LogP contribution in [0.1, 0.15) is 37.2 Å². The van der Waals surface area contributed by atoms with Crippen molar-refractivity contribution >= 4 is 28.6 Å². The van der Waals surface area contributed by atoms with Gasteiger partial charge in [-0.05, 0) is 48.6 Å². The molecule has 0 bridgehead atoms. The molecule has 1 heterocycles. The van der Waals surface area contributed by atoms with Gasteiger partial charge in [0.2, 0.25) is 0 Å². The van der Waals surface area contributed by atoms with Gasteiger partial charge in [0.05, 0.1) is 5.69 Å². The van der Waals surface area contributed by atoms with Gasteiger partial charge in [0.15, 0.2) is 4.90 Å². The maximum Gasteiger partial charge on any atom is 0.152 e. The lowest BCUT2D eigenvalue weighted by Gasteiger charge is -2.18. The summed E-state index contributed by atoms with van der Waals surface area (Å²) in [6.45, 7) is 2.07. The zero-order valence-electron chi connectivity index (χ0n) is 13.6. The lowest BCUT2D eigenvalue weighted by atomic mass is 9.96. The zero-order valence-corrected chi connectivity index (χ0v) is 15.1. The molecule has 128 valence electrons. The minimum Gasteiger partial charge on any atom is -0.612 e. The molecular formula is C17H19ClFN3OS. The second kappa shape index (κ2) is 6.86. The topological polar surface area (TPSA) is 60.9 Å². The van der Waals surface area contributed by atoms with Gasteiger partial charge in [-0.15, -0.1) is 0 Å². The molecule has 1 saturated carbocycles. The Morgan fingerprint density at radius 1 is 1.33 bits per heavy atom. The van der Waals surface area contributed by atoms with Crippen molar-refractivity contribution in [2.75, 3.05) is 18.1 Å². The van der Waals surface area contributed by atoms with Gasteiger partial charge in [-0.2, -0.15) is 0 Å². The number of hydrogen-bond acceptors (Lipinski definition) is 4. The van der Waals surface area contributed by atoms with Gasteiger partial charge in [0.25, 0.3) is 0 Å². The average molecular weight is 368 g/mol. The Kier molecular flexibility index (Phi) is 4.99. The first-order valence-corrected chi connectivity index (χ1v) is 9.69. The van der Waals surface area contributed by atoms with Gasteiger partial charge in [-0.25, -0.2) is 14.4 Å². The highest BCUT2D eigenvalue weighted by Gasteiger charge is 2.44. The molecule has 0 aliphatic heterocycles. The molecule has 4 nitrogen and oxygen atoms in total. The smallest absolute Gasteiger partial charge is 0.152 e. The van der Waals surface area contributed by atoms with E-state index >= 15 is 0 Å². The summed E-state index contributed by atoms with van der Waals surface area (Å²) in [4.78, 5) is 8.84. The first-order valence-electron chi connectivity index (χ1n) is 7.75. The molecule has 3 rings (SSSR count). The molecule has 24 heavy (non-hydrogen) atoms. The molecule has 0 radical (unpaired) electrons. The van der Waals surface area contributed by atoms with Crippen molar-refractivity contribution in [3.63, 3.8) is 0 Å². The third-order valence-corrected chi connectivity index (χ3v) is 5.75. The molecule has 1 N–H and O–H groups in total. The highest BCUT2D eigenvalue weighted by Crippen LogP contribution is 2.48. The Morgan fingerprint density at radius 3 is 2.54 bits per heavy atom. The maximum absolute atomic E-state index is 13.5. The van der Waals surface area contributed by atoms with Crippen LogP contribution in [0.4, 0.5) is 10.2 Å². The Hall–Kier alpha value is -1.37. The molecular weight excluding hydrogens is 349 g/mol. The van der Waals surface area contributed by atoms with Crippen LogP contribution in [0.3, 0.4) is 0 Å². The summed E-state index contributed by atoms with van der Waals surface area (Å²) >= 11 is 5.22. The van der Waals surface area contributed by atoms with E-state index in [1.165, 1.54) is 18.8 Å². The summed E-state index contributed by atoms with van der Waals surface area (Å²) in [7, 11) is 0. The maximum atomic E-state index is 13.5. The molecule has 0 amide bonds. The van der Waals surface area contributed by atoms with Crippen molar-refractivity contribution in [2.24, 2.45) is 0 Å². The van der Waals surface area contributed by atoms with E-state index in [0.29, 0.717) is 12.4 Å². The highest BCUT2D eigenvalue weighted by molar-refractivity contribution is 7.90. The van der Waals surface area contributed by atoms with Crippen LogP contribution in [-0.4, -0.2) is 27.3 Å². The van der Waals surface area contributed by atoms with Crippen LogP contribution < -0.4 is 5.32 Å². The molecule has 0 saturated heterocycles. The number of halogens is 2. The summed E-state index contributed by atoms with van der Waals surface area (Å²) in [5, 5.41) is 3.47. The van der Waals surface area contributed by atoms with Crippen LogP contribution in [0.2, 0.25) is 5.02 Å². The number of rotatable bonds is 6. The second-order valence-corrected chi connectivity index (χ2v) is 7.91. The van der Waals surface area contributed by atoms with E-state index < -0.39 is 17.3 Å². The third-order valence-electron chi connectivity index (χ3n) is 4.44. The molecule has 2 unspecified atom stereocenters. The first kappa shape index (κ1) is 17.5. The largest absolute Gasteiger partial charge is 0.612 e. The van der Waals surface area contributed by atoms with E-state index in [0.717, 1.165) is 17.7 Å². The van der Waals surface area contributed by atoms with E-state index in [1.807, 2.05) is 24.3 Å². The van der Waals surface area contributed by atoms with Crippen molar-refractivity contribution < 1.29 is 8.94 Å². The lowest BCUT2D eigenvalue weighted by Crippen LogP contribution is -2.20. The van der Waals surface area contributed by atoms with Crippen molar-refractivity contribution in [3.05, 3.63) is 46.9 Å². The van der Waals surface area contributed by atoms with Crippen LogP contribution in [-0.2, 0) is 16.6 Å². The van der Waals surface area contributed by atoms with Crippen molar-refractivity contribution in [1.82, 2.24) is 9.97 Å². The average Bonchev–Trinajstić information content (AvgIpc) is 3.35. The summed E-state index contributed by atoms with van der Waals surface area (Å²) < 4.78 is 25.0. The fourth-order valence-electron chi connectivity index (χ4n) is 2.76. The Balaban J connectivity index is 1.73. The number of nitrogens with one attached hydrogen (secondary N) is 1. The molecule has 1 aliphatic carbocycles. The second-order valence-electron chi connectivity index (χ2n) is 6.15. The number of anilines is 1. The minimum absolute atomic E-state index is 0.0313. The monoisotopic (exact) mass is 367 g/mol. The number of alkyl halides is 1. The van der Waals surface area contributed by atoms with E-state index in [2.05, 4.69) is 15.3 Å². The third kappa shape index (κ3) is 3.50. The van der Waals surface area contributed by atoms with Crippen LogP contribution in [0.25, 0.3) is 0 Å². The van der Waals surface area contributed by atoms with Gasteiger partial charge in [-0.1, -0.05) is 23.7 Å². The molecule has 7 heteroatoms. The first-order chi connectivity index (χ1) is 11.4. The highest BCUT2D eigenvalue weighted by atomic mass is 35.5. The number of aromatic nitrogens is 2. The molecule has 1 aromatic heterocycles. The fourth-order valence-corrected chi connectivity index (χ4v) is 3.59. The number of hydrogen-bond donors (Lipinski definition) is 1.